The Kier molecular flexibility index (Phi) is 10.6. The van der Waals surface area contributed by atoms with Gasteiger partial charge in [-0.05, 0) is 16.7 Å². The van der Waals surface area contributed by atoms with Gasteiger partial charge in [0, 0.05) is 19.4 Å². The quantitative estimate of drug-likeness (QED) is 0.278. The first-order valence-corrected chi connectivity index (χ1v) is 13.1. The molecule has 0 radical (unpaired) electrons. The Morgan fingerprint density at radius 2 is 1.02 bits per heavy atom. The molecule has 7 nitrogen and oxygen atoms in total. The fourth-order valence-corrected chi connectivity index (χ4v) is 4.49. The lowest BCUT2D eigenvalue weighted by atomic mass is 9.87. The summed E-state index contributed by atoms with van der Waals surface area (Å²) in [4.78, 5) is 23.8. The summed E-state index contributed by atoms with van der Waals surface area (Å²) < 4.78 is 45.8. The zero-order valence-corrected chi connectivity index (χ0v) is 22.5. The van der Waals surface area contributed by atoms with Crippen LogP contribution in [0.25, 0.3) is 0 Å². The van der Waals surface area contributed by atoms with E-state index in [-0.39, 0.29) is 25.4 Å². The minimum absolute atomic E-state index is 0.0232. The Morgan fingerprint density at radius 3 is 1.45 bits per heavy atom. The molecule has 0 N–H and O–H groups in total. The normalized spacial score (nSPS) is 20.7. The van der Waals surface area contributed by atoms with E-state index in [1.165, 1.54) is 13.8 Å². The number of rotatable bonds is 12. The van der Waals surface area contributed by atoms with Crippen LogP contribution in [-0.4, -0.2) is 43.0 Å². The average Bonchev–Trinajstić information content (AvgIpc) is 2.96. The molecular formula is C32H33FO7. The van der Waals surface area contributed by atoms with Crippen molar-refractivity contribution in [2.24, 2.45) is 0 Å². The van der Waals surface area contributed by atoms with E-state index in [0.717, 1.165) is 16.7 Å². The SMILES string of the molecule is CC(=O)OCC1=C(F)[C@H](OC(C)=O)[C@H](OCc2ccccc2)[C@@H](OCc2ccccc2)[C@H]1OCc1ccccc1. The molecule has 8 heteroatoms. The van der Waals surface area contributed by atoms with Gasteiger partial charge in [-0.2, -0.15) is 0 Å². The Morgan fingerprint density at radius 1 is 0.600 bits per heavy atom. The van der Waals surface area contributed by atoms with Gasteiger partial charge in [0.25, 0.3) is 0 Å². The predicted molar refractivity (Wildman–Crippen MR) is 145 cm³/mol. The second-order valence-corrected chi connectivity index (χ2v) is 9.42. The minimum Gasteiger partial charge on any atom is -0.461 e. The zero-order chi connectivity index (χ0) is 28.3. The summed E-state index contributed by atoms with van der Waals surface area (Å²) in [5, 5.41) is 0. The van der Waals surface area contributed by atoms with Gasteiger partial charge < -0.3 is 23.7 Å². The van der Waals surface area contributed by atoms with Gasteiger partial charge in [-0.3, -0.25) is 9.59 Å². The van der Waals surface area contributed by atoms with Crippen molar-refractivity contribution >= 4 is 11.9 Å². The summed E-state index contributed by atoms with van der Waals surface area (Å²) in [5.41, 5.74) is 2.62. The molecule has 0 aromatic heterocycles. The van der Waals surface area contributed by atoms with Gasteiger partial charge in [-0.15, -0.1) is 0 Å². The van der Waals surface area contributed by atoms with Crippen molar-refractivity contribution in [2.45, 2.75) is 58.1 Å². The molecule has 0 saturated heterocycles. The van der Waals surface area contributed by atoms with Crippen molar-refractivity contribution < 1.29 is 37.7 Å². The van der Waals surface area contributed by atoms with Gasteiger partial charge in [0.2, 0.25) is 0 Å². The van der Waals surface area contributed by atoms with E-state index < -0.39 is 48.8 Å². The van der Waals surface area contributed by atoms with Crippen molar-refractivity contribution in [2.75, 3.05) is 6.61 Å². The van der Waals surface area contributed by atoms with E-state index in [0.29, 0.717) is 0 Å². The van der Waals surface area contributed by atoms with Crippen LogP contribution in [0.5, 0.6) is 0 Å². The Labute approximate surface area is 233 Å². The average molecular weight is 549 g/mol. The molecule has 1 aliphatic carbocycles. The smallest absolute Gasteiger partial charge is 0.303 e. The summed E-state index contributed by atoms with van der Waals surface area (Å²) in [6.07, 6.45) is -4.41. The highest BCUT2D eigenvalue weighted by Crippen LogP contribution is 2.36. The molecule has 0 aliphatic heterocycles. The zero-order valence-electron chi connectivity index (χ0n) is 22.5. The lowest BCUT2D eigenvalue weighted by Crippen LogP contribution is -2.55. The maximum absolute atomic E-state index is 16.2. The van der Waals surface area contributed by atoms with E-state index in [1.807, 2.05) is 91.0 Å². The highest BCUT2D eigenvalue weighted by atomic mass is 19.1. The van der Waals surface area contributed by atoms with E-state index in [1.54, 1.807) is 0 Å². The van der Waals surface area contributed by atoms with Gasteiger partial charge in [-0.1, -0.05) is 91.0 Å². The lowest BCUT2D eigenvalue weighted by molar-refractivity contribution is -0.193. The van der Waals surface area contributed by atoms with Gasteiger partial charge in [-0.25, -0.2) is 4.39 Å². The molecule has 210 valence electrons. The Hall–Kier alpha value is -3.85. The molecule has 0 saturated carbocycles. The van der Waals surface area contributed by atoms with Gasteiger partial charge in [0.05, 0.1) is 19.8 Å². The molecule has 40 heavy (non-hydrogen) atoms. The third-order valence-electron chi connectivity index (χ3n) is 6.39. The molecule has 0 unspecified atom stereocenters. The summed E-state index contributed by atoms with van der Waals surface area (Å²) in [5.74, 6) is -2.06. The van der Waals surface area contributed by atoms with Crippen molar-refractivity contribution in [3.63, 3.8) is 0 Å². The van der Waals surface area contributed by atoms with Gasteiger partial charge >= 0.3 is 11.9 Å². The number of carbonyl (C=O) groups is 2. The fourth-order valence-electron chi connectivity index (χ4n) is 4.49. The number of halogens is 1. The highest BCUT2D eigenvalue weighted by molar-refractivity contribution is 5.67. The third-order valence-corrected chi connectivity index (χ3v) is 6.39. The molecule has 1 aliphatic rings. The Bertz CT molecular complexity index is 1260. The second kappa shape index (κ2) is 14.5. The molecule has 3 aromatic carbocycles. The molecule has 3 aromatic rings. The number of esters is 2. The van der Waals surface area contributed by atoms with Crippen LogP contribution in [0.4, 0.5) is 4.39 Å². The van der Waals surface area contributed by atoms with E-state index >= 15 is 4.39 Å². The Balaban J connectivity index is 1.72. The molecular weight excluding hydrogens is 515 g/mol. The van der Waals surface area contributed by atoms with Crippen LogP contribution in [0.2, 0.25) is 0 Å². The number of hydrogen-bond acceptors (Lipinski definition) is 7. The number of benzene rings is 3. The second-order valence-electron chi connectivity index (χ2n) is 9.42. The molecule has 0 heterocycles. The van der Waals surface area contributed by atoms with Crippen LogP contribution in [0, 0.1) is 0 Å². The fraction of sp³-hybridized carbons (Fsp3) is 0.312. The first kappa shape index (κ1) is 29.1. The van der Waals surface area contributed by atoms with Crippen molar-refractivity contribution in [3.05, 3.63) is 119 Å². The van der Waals surface area contributed by atoms with E-state index in [2.05, 4.69) is 0 Å². The van der Waals surface area contributed by atoms with Crippen LogP contribution < -0.4 is 0 Å². The predicted octanol–water partition coefficient (Wildman–Crippen LogP) is 5.47. The third kappa shape index (κ3) is 8.08. The van der Waals surface area contributed by atoms with Crippen molar-refractivity contribution in [1.82, 2.24) is 0 Å². The first-order valence-electron chi connectivity index (χ1n) is 13.1. The number of hydrogen-bond donors (Lipinski definition) is 0. The molecule has 0 bridgehead atoms. The summed E-state index contributed by atoms with van der Waals surface area (Å²) >= 11 is 0. The van der Waals surface area contributed by atoms with Crippen LogP contribution >= 0.6 is 0 Å². The van der Waals surface area contributed by atoms with E-state index in [9.17, 15) is 9.59 Å². The van der Waals surface area contributed by atoms with Crippen LogP contribution in [0.1, 0.15) is 30.5 Å². The number of ether oxygens (including phenoxy) is 5. The standard InChI is InChI=1S/C32H33FO7/c1-22(34)36-21-27-28(33)30(40-23(2)35)32(39-20-26-16-10-5-11-17-26)31(38-19-25-14-8-4-9-15-25)29(27)37-18-24-12-6-3-7-13-24/h3-17,29-32H,18-21H2,1-2H3/t29-,30-,31-,32-/m0/s1. The molecule has 4 rings (SSSR count). The molecule has 4 atom stereocenters. The van der Waals surface area contributed by atoms with Crippen molar-refractivity contribution in [1.29, 1.82) is 0 Å². The minimum atomic E-state index is -1.43. The summed E-state index contributed by atoms with van der Waals surface area (Å²) in [7, 11) is 0. The lowest BCUT2D eigenvalue weighted by Gasteiger charge is -2.42. The van der Waals surface area contributed by atoms with E-state index in [4.69, 9.17) is 23.7 Å². The van der Waals surface area contributed by atoms with Crippen molar-refractivity contribution in [3.8, 4) is 0 Å². The summed E-state index contributed by atoms with van der Waals surface area (Å²) in [6, 6.07) is 28.3. The monoisotopic (exact) mass is 548 g/mol. The van der Waals surface area contributed by atoms with Crippen LogP contribution in [-0.2, 0) is 53.1 Å². The van der Waals surface area contributed by atoms with Crippen LogP contribution in [0.15, 0.2) is 102 Å². The van der Waals surface area contributed by atoms with Gasteiger partial charge in [0.15, 0.2) is 6.10 Å². The maximum Gasteiger partial charge on any atom is 0.303 e. The topological polar surface area (TPSA) is 80.3 Å². The number of carbonyl (C=O) groups excluding carboxylic acids is 2. The highest BCUT2D eigenvalue weighted by Gasteiger charge is 2.49. The maximum atomic E-state index is 16.2. The van der Waals surface area contributed by atoms with Gasteiger partial charge in [0.1, 0.15) is 30.7 Å². The largest absolute Gasteiger partial charge is 0.461 e. The summed E-state index contributed by atoms with van der Waals surface area (Å²) in [6.45, 7) is 2.46. The van der Waals surface area contributed by atoms with Crippen LogP contribution in [0.3, 0.4) is 0 Å². The molecule has 0 spiro atoms. The molecule has 0 fully saturated rings. The first-order chi connectivity index (χ1) is 19.4. The molecule has 0 amide bonds.